The molecule has 0 atom stereocenters. The zero-order chi connectivity index (χ0) is 16.9. The monoisotopic (exact) mass is 381 g/mol. The molecule has 0 saturated heterocycles. The third kappa shape index (κ3) is 4.19. The molecule has 0 spiro atoms. The first-order chi connectivity index (χ1) is 11.7. The molecule has 3 aromatic rings. The van der Waals surface area contributed by atoms with Crippen molar-refractivity contribution in [3.05, 3.63) is 18.2 Å². The summed E-state index contributed by atoms with van der Waals surface area (Å²) in [5.41, 5.74) is 1.71. The predicted molar refractivity (Wildman–Crippen MR) is 98.3 cm³/mol. The second-order valence-electron chi connectivity index (χ2n) is 4.57. The number of benzene rings is 1. The Morgan fingerprint density at radius 2 is 2.25 bits per heavy atom. The average Bonchev–Trinajstić information content (AvgIpc) is 3.18. The summed E-state index contributed by atoms with van der Waals surface area (Å²) < 4.78 is 6.04. The van der Waals surface area contributed by atoms with Gasteiger partial charge in [-0.05, 0) is 17.9 Å². The summed E-state index contributed by atoms with van der Waals surface area (Å²) in [5.74, 6) is 1.79. The van der Waals surface area contributed by atoms with Crippen LogP contribution in [0.3, 0.4) is 0 Å². The van der Waals surface area contributed by atoms with Crippen LogP contribution in [-0.2, 0) is 4.79 Å². The first-order valence-electron chi connectivity index (χ1n) is 7.10. The van der Waals surface area contributed by atoms with Gasteiger partial charge >= 0.3 is 0 Å². The fourth-order valence-corrected chi connectivity index (χ4v) is 4.24. The lowest BCUT2D eigenvalue weighted by Gasteiger charge is -1.98. The Morgan fingerprint density at radius 3 is 3.04 bits per heavy atom. The van der Waals surface area contributed by atoms with Crippen molar-refractivity contribution in [1.29, 1.82) is 0 Å². The lowest BCUT2D eigenvalue weighted by atomic mass is 10.3. The molecule has 1 amide bonds. The number of methoxy groups -OCH3 is 1. The van der Waals surface area contributed by atoms with Crippen LogP contribution in [0.4, 0.5) is 5.13 Å². The summed E-state index contributed by atoms with van der Waals surface area (Å²) in [4.78, 5) is 19.6. The average molecular weight is 382 g/mol. The first-order valence-corrected chi connectivity index (χ1v) is 9.89. The van der Waals surface area contributed by atoms with E-state index in [9.17, 15) is 4.79 Å². The molecule has 10 heteroatoms. The van der Waals surface area contributed by atoms with Gasteiger partial charge in [0.1, 0.15) is 5.75 Å². The van der Waals surface area contributed by atoms with Crippen molar-refractivity contribution in [2.45, 2.75) is 16.4 Å². The van der Waals surface area contributed by atoms with E-state index in [4.69, 9.17) is 4.74 Å². The van der Waals surface area contributed by atoms with Crippen LogP contribution in [0.5, 0.6) is 5.75 Å². The number of thioether (sulfide) groups is 2. The summed E-state index contributed by atoms with van der Waals surface area (Å²) >= 11 is 4.32. The zero-order valence-electron chi connectivity index (χ0n) is 13.0. The number of ether oxygens (including phenoxy) is 1. The van der Waals surface area contributed by atoms with Gasteiger partial charge < -0.3 is 9.72 Å². The second-order valence-corrected chi connectivity index (χ2v) is 8.02. The quantitative estimate of drug-likeness (QED) is 0.479. The molecule has 2 N–H and O–H groups in total. The van der Waals surface area contributed by atoms with E-state index < -0.39 is 0 Å². The highest BCUT2D eigenvalue weighted by Crippen LogP contribution is 2.26. The van der Waals surface area contributed by atoms with Gasteiger partial charge in [0, 0.05) is 6.07 Å². The standard InChI is InChI=1S/C14H15N5O2S3/c1-3-22-14-19-18-13(24-14)17-11(20)7-23-12-15-9-5-4-8(21-2)6-10(9)16-12/h4-6H,3,7H2,1-2H3,(H,15,16)(H,17,18,20). The minimum atomic E-state index is -0.137. The Balaban J connectivity index is 1.57. The number of imidazole rings is 1. The zero-order valence-corrected chi connectivity index (χ0v) is 15.5. The summed E-state index contributed by atoms with van der Waals surface area (Å²) in [7, 11) is 1.62. The molecular weight excluding hydrogens is 366 g/mol. The van der Waals surface area contributed by atoms with Crippen LogP contribution in [0.1, 0.15) is 6.92 Å². The van der Waals surface area contributed by atoms with Crippen molar-refractivity contribution in [3.8, 4) is 5.75 Å². The topological polar surface area (TPSA) is 92.8 Å². The number of anilines is 1. The molecule has 24 heavy (non-hydrogen) atoms. The van der Waals surface area contributed by atoms with Gasteiger partial charge in [0.2, 0.25) is 11.0 Å². The minimum absolute atomic E-state index is 0.137. The van der Waals surface area contributed by atoms with Gasteiger partial charge in [-0.2, -0.15) is 0 Å². The number of rotatable bonds is 7. The van der Waals surface area contributed by atoms with E-state index in [1.54, 1.807) is 18.9 Å². The Bertz CT molecular complexity index is 848. The summed E-state index contributed by atoms with van der Waals surface area (Å²) in [5, 5.41) is 11.9. The number of carbonyl (C=O) groups excluding carboxylic acids is 1. The van der Waals surface area contributed by atoms with Crippen molar-refractivity contribution >= 4 is 56.9 Å². The predicted octanol–water partition coefficient (Wildman–Crippen LogP) is 3.27. The number of hydrogen-bond donors (Lipinski definition) is 2. The third-order valence-electron chi connectivity index (χ3n) is 2.93. The van der Waals surface area contributed by atoms with E-state index >= 15 is 0 Å². The molecule has 0 fully saturated rings. The SMILES string of the molecule is CCSc1nnc(NC(=O)CSc2nc3ccc(OC)cc3[nH]2)s1. The number of fused-ring (bicyclic) bond motifs is 1. The van der Waals surface area contributed by atoms with Crippen LogP contribution < -0.4 is 10.1 Å². The molecule has 0 unspecified atom stereocenters. The number of amides is 1. The van der Waals surface area contributed by atoms with Gasteiger partial charge in [-0.1, -0.05) is 41.8 Å². The molecule has 0 bridgehead atoms. The van der Waals surface area contributed by atoms with Crippen molar-refractivity contribution in [3.63, 3.8) is 0 Å². The lowest BCUT2D eigenvalue weighted by Crippen LogP contribution is -2.13. The van der Waals surface area contributed by atoms with Crippen molar-refractivity contribution < 1.29 is 9.53 Å². The Labute approximate surface area is 151 Å². The number of carbonyl (C=O) groups is 1. The number of aromatic nitrogens is 4. The molecule has 126 valence electrons. The van der Waals surface area contributed by atoms with Gasteiger partial charge in [0.15, 0.2) is 9.50 Å². The molecule has 0 aliphatic rings. The van der Waals surface area contributed by atoms with E-state index in [0.717, 1.165) is 26.9 Å². The first kappa shape index (κ1) is 17.1. The van der Waals surface area contributed by atoms with Crippen LogP contribution in [0, 0.1) is 0 Å². The smallest absolute Gasteiger partial charge is 0.236 e. The van der Waals surface area contributed by atoms with Gasteiger partial charge in [-0.3, -0.25) is 10.1 Å². The highest BCUT2D eigenvalue weighted by atomic mass is 32.2. The maximum atomic E-state index is 12.0. The summed E-state index contributed by atoms with van der Waals surface area (Å²) in [6, 6.07) is 5.61. The van der Waals surface area contributed by atoms with Crippen LogP contribution in [-0.4, -0.2) is 44.7 Å². The second kappa shape index (κ2) is 7.86. The van der Waals surface area contributed by atoms with Crippen molar-refractivity contribution in [2.75, 3.05) is 23.9 Å². The van der Waals surface area contributed by atoms with E-state index in [-0.39, 0.29) is 11.7 Å². The normalized spacial score (nSPS) is 10.9. The number of H-pyrrole nitrogens is 1. The maximum Gasteiger partial charge on any atom is 0.236 e. The minimum Gasteiger partial charge on any atom is -0.497 e. The third-order valence-corrected chi connectivity index (χ3v) is 5.66. The van der Waals surface area contributed by atoms with E-state index in [2.05, 4.69) is 25.5 Å². The number of aromatic amines is 1. The van der Waals surface area contributed by atoms with Crippen LogP contribution in [0.25, 0.3) is 11.0 Å². The van der Waals surface area contributed by atoms with Crippen LogP contribution in [0.2, 0.25) is 0 Å². The molecule has 0 aliphatic heterocycles. The van der Waals surface area contributed by atoms with Crippen LogP contribution >= 0.6 is 34.9 Å². The van der Waals surface area contributed by atoms with Crippen molar-refractivity contribution in [1.82, 2.24) is 20.2 Å². The molecule has 7 nitrogen and oxygen atoms in total. The molecule has 0 radical (unpaired) electrons. The van der Waals surface area contributed by atoms with Gasteiger partial charge in [0.25, 0.3) is 0 Å². The molecule has 0 aliphatic carbocycles. The van der Waals surface area contributed by atoms with Crippen molar-refractivity contribution in [2.24, 2.45) is 0 Å². The fourth-order valence-electron chi connectivity index (χ4n) is 1.89. The Morgan fingerprint density at radius 1 is 1.38 bits per heavy atom. The lowest BCUT2D eigenvalue weighted by molar-refractivity contribution is -0.113. The Hall–Kier alpha value is -1.78. The van der Waals surface area contributed by atoms with E-state index in [1.165, 1.54) is 23.1 Å². The molecule has 3 rings (SSSR count). The fraction of sp³-hybridized carbons (Fsp3) is 0.286. The molecule has 2 aromatic heterocycles. The number of hydrogen-bond acceptors (Lipinski definition) is 8. The highest BCUT2D eigenvalue weighted by molar-refractivity contribution is 8.01. The van der Waals surface area contributed by atoms with Gasteiger partial charge in [-0.25, -0.2) is 4.98 Å². The number of nitrogens with one attached hydrogen (secondary N) is 2. The highest BCUT2D eigenvalue weighted by Gasteiger charge is 2.11. The Kier molecular flexibility index (Phi) is 5.59. The molecular formula is C14H15N5O2S3. The number of nitrogens with zero attached hydrogens (tertiary/aromatic N) is 3. The van der Waals surface area contributed by atoms with Crippen LogP contribution in [0.15, 0.2) is 27.7 Å². The summed E-state index contributed by atoms with van der Waals surface area (Å²) in [6.45, 7) is 2.05. The maximum absolute atomic E-state index is 12.0. The molecule has 0 saturated carbocycles. The summed E-state index contributed by atoms with van der Waals surface area (Å²) in [6.07, 6.45) is 0. The molecule has 1 aromatic carbocycles. The molecule has 2 heterocycles. The van der Waals surface area contributed by atoms with Gasteiger partial charge in [0.05, 0.1) is 23.9 Å². The van der Waals surface area contributed by atoms with Gasteiger partial charge in [-0.15, -0.1) is 10.2 Å². The van der Waals surface area contributed by atoms with E-state index in [1.807, 2.05) is 25.1 Å². The largest absolute Gasteiger partial charge is 0.497 e. The van der Waals surface area contributed by atoms with E-state index in [0.29, 0.717) is 10.3 Å².